The Balaban J connectivity index is 1.34. The minimum atomic E-state index is 0.728. The summed E-state index contributed by atoms with van der Waals surface area (Å²) in [5, 5.41) is 10.3. The van der Waals surface area contributed by atoms with Crippen molar-refractivity contribution in [1.29, 1.82) is 5.26 Å². The Bertz CT molecular complexity index is 1280. The minimum absolute atomic E-state index is 0.728. The minimum Gasteiger partial charge on any atom is -0.354 e. The van der Waals surface area contributed by atoms with Crippen molar-refractivity contribution in [3.8, 4) is 17.2 Å². The highest BCUT2D eigenvalue weighted by molar-refractivity contribution is 5.94. The molecule has 2 heterocycles. The smallest absolute Gasteiger partial charge is 0.129 e. The lowest BCUT2D eigenvalue weighted by atomic mass is 10.0. The van der Waals surface area contributed by atoms with Crippen LogP contribution in [-0.2, 0) is 6.54 Å². The molecule has 4 aromatic rings. The van der Waals surface area contributed by atoms with Gasteiger partial charge < -0.3 is 4.90 Å². The first-order valence-corrected chi connectivity index (χ1v) is 11.1. The molecule has 0 saturated carbocycles. The molecule has 0 aliphatic carbocycles. The van der Waals surface area contributed by atoms with Gasteiger partial charge in [-0.15, -0.1) is 0 Å². The molecular formula is C28H26N4. The molecule has 5 rings (SSSR count). The predicted octanol–water partition coefficient (Wildman–Crippen LogP) is 5.40. The molecule has 4 nitrogen and oxygen atoms in total. The van der Waals surface area contributed by atoms with E-state index in [1.54, 1.807) is 0 Å². The zero-order chi connectivity index (χ0) is 21.9. The second kappa shape index (κ2) is 8.82. The lowest BCUT2D eigenvalue weighted by Crippen LogP contribution is -2.46. The molecule has 1 saturated heterocycles. The molecule has 0 bridgehead atoms. The molecule has 1 aliphatic heterocycles. The maximum atomic E-state index is 9.13. The van der Waals surface area contributed by atoms with E-state index in [4.69, 9.17) is 10.2 Å². The van der Waals surface area contributed by atoms with Crippen molar-refractivity contribution in [3.05, 3.63) is 95.6 Å². The van der Waals surface area contributed by atoms with Gasteiger partial charge in [0.1, 0.15) is 5.82 Å². The average molecular weight is 419 g/mol. The molecule has 1 aliphatic rings. The van der Waals surface area contributed by atoms with Gasteiger partial charge in [-0.05, 0) is 42.3 Å². The van der Waals surface area contributed by atoms with Crippen LogP contribution in [0.25, 0.3) is 22.0 Å². The highest BCUT2D eigenvalue weighted by Crippen LogP contribution is 2.29. The molecule has 3 aromatic carbocycles. The third-order valence-electron chi connectivity index (χ3n) is 6.23. The van der Waals surface area contributed by atoms with Gasteiger partial charge in [0.05, 0.1) is 17.1 Å². The molecule has 1 aromatic heterocycles. The Morgan fingerprint density at radius 1 is 0.875 bits per heavy atom. The van der Waals surface area contributed by atoms with E-state index in [0.717, 1.165) is 49.6 Å². The second-order valence-electron chi connectivity index (χ2n) is 8.49. The number of hydrogen-bond acceptors (Lipinski definition) is 4. The second-order valence-corrected chi connectivity index (χ2v) is 8.49. The molecule has 32 heavy (non-hydrogen) atoms. The molecule has 0 amide bonds. The monoisotopic (exact) mass is 418 g/mol. The number of nitriles is 1. The van der Waals surface area contributed by atoms with Crippen LogP contribution in [-0.4, -0.2) is 36.1 Å². The van der Waals surface area contributed by atoms with Crippen molar-refractivity contribution in [3.63, 3.8) is 0 Å². The first kappa shape index (κ1) is 20.2. The average Bonchev–Trinajstić information content (AvgIpc) is 2.84. The van der Waals surface area contributed by atoms with Crippen LogP contribution < -0.4 is 4.90 Å². The van der Waals surface area contributed by atoms with Gasteiger partial charge in [0, 0.05) is 43.7 Å². The van der Waals surface area contributed by atoms with Gasteiger partial charge in [-0.2, -0.15) is 5.26 Å². The number of fused-ring (bicyclic) bond motifs is 1. The van der Waals surface area contributed by atoms with E-state index in [0.29, 0.717) is 0 Å². The first-order chi connectivity index (χ1) is 15.7. The molecule has 1 fully saturated rings. The lowest BCUT2D eigenvalue weighted by molar-refractivity contribution is 0.249. The summed E-state index contributed by atoms with van der Waals surface area (Å²) >= 11 is 0. The summed E-state index contributed by atoms with van der Waals surface area (Å²) in [4.78, 5) is 9.93. The van der Waals surface area contributed by atoms with Gasteiger partial charge >= 0.3 is 0 Å². The summed E-state index contributed by atoms with van der Waals surface area (Å²) in [6, 6.07) is 29.6. The number of rotatable bonds is 4. The molecule has 0 unspecified atom stereocenters. The van der Waals surface area contributed by atoms with Gasteiger partial charge in [-0.25, -0.2) is 4.98 Å². The number of aromatic nitrogens is 1. The largest absolute Gasteiger partial charge is 0.354 e. The summed E-state index contributed by atoms with van der Waals surface area (Å²) < 4.78 is 0. The fourth-order valence-corrected chi connectivity index (χ4v) is 4.41. The summed E-state index contributed by atoms with van der Waals surface area (Å²) in [7, 11) is 0. The molecule has 0 radical (unpaired) electrons. The molecule has 0 N–H and O–H groups in total. The number of anilines is 1. The lowest BCUT2D eigenvalue weighted by Gasteiger charge is -2.35. The quantitative estimate of drug-likeness (QED) is 0.445. The van der Waals surface area contributed by atoms with Gasteiger partial charge in [0.2, 0.25) is 0 Å². The summed E-state index contributed by atoms with van der Waals surface area (Å²) in [6.45, 7) is 6.85. The molecule has 0 atom stereocenters. The Morgan fingerprint density at radius 2 is 1.66 bits per heavy atom. The van der Waals surface area contributed by atoms with Gasteiger partial charge in [0.15, 0.2) is 0 Å². The Kier molecular flexibility index (Phi) is 5.58. The number of pyridine rings is 1. The van der Waals surface area contributed by atoms with Crippen LogP contribution in [0.1, 0.15) is 16.7 Å². The van der Waals surface area contributed by atoms with Gasteiger partial charge in [-0.3, -0.25) is 4.90 Å². The Labute approximate surface area is 189 Å². The van der Waals surface area contributed by atoms with Crippen LogP contribution in [0, 0.1) is 18.3 Å². The van der Waals surface area contributed by atoms with Crippen LogP contribution >= 0.6 is 0 Å². The van der Waals surface area contributed by atoms with E-state index in [9.17, 15) is 0 Å². The zero-order valence-corrected chi connectivity index (χ0v) is 18.3. The van der Waals surface area contributed by atoms with Crippen molar-refractivity contribution < 1.29 is 0 Å². The van der Waals surface area contributed by atoms with Crippen LogP contribution in [0.2, 0.25) is 0 Å². The maximum absolute atomic E-state index is 9.13. The number of benzene rings is 3. The third kappa shape index (κ3) is 4.21. The van der Waals surface area contributed by atoms with Crippen LogP contribution in [0.3, 0.4) is 0 Å². The van der Waals surface area contributed by atoms with Crippen molar-refractivity contribution in [2.75, 3.05) is 31.1 Å². The predicted molar refractivity (Wildman–Crippen MR) is 131 cm³/mol. The SMILES string of the molecule is Cc1ccc(-c2cccc3ccc(N4CCN(Cc5cccc(C#N)c5)CC4)nc23)cc1. The van der Waals surface area contributed by atoms with E-state index in [2.05, 4.69) is 83.5 Å². The summed E-state index contributed by atoms with van der Waals surface area (Å²) in [5.74, 6) is 1.04. The van der Waals surface area contributed by atoms with E-state index >= 15 is 0 Å². The van der Waals surface area contributed by atoms with Crippen LogP contribution in [0.15, 0.2) is 78.9 Å². The molecule has 4 heteroatoms. The van der Waals surface area contributed by atoms with E-state index in [1.165, 1.54) is 27.6 Å². The highest BCUT2D eigenvalue weighted by Gasteiger charge is 2.19. The fourth-order valence-electron chi connectivity index (χ4n) is 4.41. The van der Waals surface area contributed by atoms with E-state index in [-0.39, 0.29) is 0 Å². The normalized spacial score (nSPS) is 14.4. The highest BCUT2D eigenvalue weighted by atomic mass is 15.3. The number of para-hydroxylation sites is 1. The first-order valence-electron chi connectivity index (χ1n) is 11.1. The van der Waals surface area contributed by atoms with E-state index < -0.39 is 0 Å². The Hall–Kier alpha value is -3.68. The van der Waals surface area contributed by atoms with Crippen molar-refractivity contribution in [2.45, 2.75) is 13.5 Å². The van der Waals surface area contributed by atoms with Crippen LogP contribution in [0.5, 0.6) is 0 Å². The molecule has 158 valence electrons. The summed E-state index contributed by atoms with van der Waals surface area (Å²) in [6.07, 6.45) is 0. The fraction of sp³-hybridized carbons (Fsp3) is 0.214. The van der Waals surface area contributed by atoms with E-state index in [1.807, 2.05) is 18.2 Å². The van der Waals surface area contributed by atoms with Gasteiger partial charge in [0.25, 0.3) is 0 Å². The maximum Gasteiger partial charge on any atom is 0.129 e. The van der Waals surface area contributed by atoms with Crippen LogP contribution in [0.4, 0.5) is 5.82 Å². The number of piperazine rings is 1. The van der Waals surface area contributed by atoms with Crippen molar-refractivity contribution in [2.24, 2.45) is 0 Å². The zero-order valence-electron chi connectivity index (χ0n) is 18.3. The summed E-state index contributed by atoms with van der Waals surface area (Å²) in [5.41, 5.74) is 6.63. The number of aryl methyl sites for hydroxylation is 1. The topological polar surface area (TPSA) is 43.2 Å². The number of hydrogen-bond donors (Lipinski definition) is 0. The molecule has 0 spiro atoms. The number of nitrogens with zero attached hydrogens (tertiary/aromatic N) is 4. The standard InChI is InChI=1S/C28H26N4/c1-21-8-10-24(11-9-21)26-7-3-6-25-12-13-27(30-28(25)26)32-16-14-31(15-17-32)20-23-5-2-4-22(18-23)19-29/h2-13,18H,14-17,20H2,1H3. The van der Waals surface area contributed by atoms with Gasteiger partial charge in [-0.1, -0.05) is 60.2 Å². The van der Waals surface area contributed by atoms with Crippen molar-refractivity contribution in [1.82, 2.24) is 9.88 Å². The third-order valence-corrected chi connectivity index (χ3v) is 6.23. The molecular weight excluding hydrogens is 392 g/mol. The Morgan fingerprint density at radius 3 is 2.44 bits per heavy atom. The van der Waals surface area contributed by atoms with Crippen molar-refractivity contribution >= 4 is 16.7 Å².